The standard InChI is InChI=1S/C13H9ClN2O3/c14-11-4-5-15-7-10(11)12(17)16-9-3-1-2-8(6-9)13(18)19/h1-7H,(H,16,17)(H,18,19). The minimum Gasteiger partial charge on any atom is -0.478 e. The van der Waals surface area contributed by atoms with Gasteiger partial charge in [-0.2, -0.15) is 0 Å². The van der Waals surface area contributed by atoms with E-state index in [1.165, 1.54) is 30.6 Å². The van der Waals surface area contributed by atoms with Crippen molar-refractivity contribution >= 4 is 29.2 Å². The number of amides is 1. The molecule has 0 atom stereocenters. The second-order valence-electron chi connectivity index (χ2n) is 3.70. The van der Waals surface area contributed by atoms with E-state index in [1.807, 2.05) is 0 Å². The van der Waals surface area contributed by atoms with E-state index in [0.717, 1.165) is 0 Å². The van der Waals surface area contributed by atoms with Gasteiger partial charge in [0.1, 0.15) is 0 Å². The summed E-state index contributed by atoms with van der Waals surface area (Å²) in [6, 6.07) is 7.45. The fourth-order valence-corrected chi connectivity index (χ4v) is 1.66. The Kier molecular flexibility index (Phi) is 3.77. The minimum atomic E-state index is -1.06. The lowest BCUT2D eigenvalue weighted by molar-refractivity contribution is 0.0696. The van der Waals surface area contributed by atoms with E-state index in [2.05, 4.69) is 10.3 Å². The van der Waals surface area contributed by atoms with E-state index >= 15 is 0 Å². The maximum absolute atomic E-state index is 11.9. The molecule has 1 heterocycles. The smallest absolute Gasteiger partial charge is 0.335 e. The second-order valence-corrected chi connectivity index (χ2v) is 4.10. The zero-order chi connectivity index (χ0) is 13.8. The number of carbonyl (C=O) groups excluding carboxylic acids is 1. The number of hydrogen-bond donors (Lipinski definition) is 2. The molecule has 0 bridgehead atoms. The number of hydrogen-bond acceptors (Lipinski definition) is 3. The molecule has 0 saturated heterocycles. The van der Waals surface area contributed by atoms with Crippen molar-refractivity contribution in [1.82, 2.24) is 4.98 Å². The van der Waals surface area contributed by atoms with Gasteiger partial charge in [0, 0.05) is 18.1 Å². The predicted molar refractivity (Wildman–Crippen MR) is 70.6 cm³/mol. The molecule has 5 nitrogen and oxygen atoms in total. The lowest BCUT2D eigenvalue weighted by Crippen LogP contribution is -2.13. The molecule has 1 amide bonds. The fourth-order valence-electron chi connectivity index (χ4n) is 1.47. The quantitative estimate of drug-likeness (QED) is 0.903. The highest BCUT2D eigenvalue weighted by molar-refractivity contribution is 6.34. The van der Waals surface area contributed by atoms with Crippen LogP contribution in [0.2, 0.25) is 5.02 Å². The number of pyridine rings is 1. The number of carboxylic acids is 1. The molecule has 6 heteroatoms. The third-order valence-corrected chi connectivity index (χ3v) is 2.71. The third kappa shape index (κ3) is 3.08. The second kappa shape index (κ2) is 5.49. The van der Waals surface area contributed by atoms with Crippen LogP contribution >= 0.6 is 11.6 Å². The summed E-state index contributed by atoms with van der Waals surface area (Å²) in [5, 5.41) is 11.7. The van der Waals surface area contributed by atoms with E-state index in [9.17, 15) is 9.59 Å². The van der Waals surface area contributed by atoms with Crippen LogP contribution in [0, 0.1) is 0 Å². The van der Waals surface area contributed by atoms with E-state index in [-0.39, 0.29) is 16.1 Å². The summed E-state index contributed by atoms with van der Waals surface area (Å²) in [6.45, 7) is 0. The molecule has 0 fully saturated rings. The Balaban J connectivity index is 2.22. The van der Waals surface area contributed by atoms with Crippen LogP contribution in [0.1, 0.15) is 20.7 Å². The maximum Gasteiger partial charge on any atom is 0.335 e. The zero-order valence-corrected chi connectivity index (χ0v) is 10.4. The molecule has 2 rings (SSSR count). The van der Waals surface area contributed by atoms with Crippen LogP contribution in [0.3, 0.4) is 0 Å². The number of anilines is 1. The van der Waals surface area contributed by atoms with Crippen molar-refractivity contribution in [2.24, 2.45) is 0 Å². The Hall–Kier alpha value is -2.40. The number of rotatable bonds is 3. The molecule has 96 valence electrons. The molecule has 2 aromatic rings. The first-order valence-electron chi connectivity index (χ1n) is 5.32. The Morgan fingerprint density at radius 1 is 1.26 bits per heavy atom. The van der Waals surface area contributed by atoms with Gasteiger partial charge in [-0.05, 0) is 24.3 Å². The van der Waals surface area contributed by atoms with Gasteiger partial charge in [-0.1, -0.05) is 17.7 Å². The number of aromatic nitrogens is 1. The number of nitrogens with zero attached hydrogens (tertiary/aromatic N) is 1. The van der Waals surface area contributed by atoms with Crippen molar-refractivity contribution in [1.29, 1.82) is 0 Å². The van der Waals surface area contributed by atoms with Crippen LogP contribution in [0.25, 0.3) is 0 Å². The molecule has 0 spiro atoms. The number of aromatic carboxylic acids is 1. The number of nitrogens with one attached hydrogen (secondary N) is 1. The van der Waals surface area contributed by atoms with E-state index in [4.69, 9.17) is 16.7 Å². The fraction of sp³-hybridized carbons (Fsp3) is 0. The Morgan fingerprint density at radius 3 is 2.74 bits per heavy atom. The molecule has 0 aliphatic carbocycles. The average molecular weight is 277 g/mol. The van der Waals surface area contributed by atoms with Crippen LogP contribution in [0.4, 0.5) is 5.69 Å². The van der Waals surface area contributed by atoms with Crippen molar-refractivity contribution in [3.05, 3.63) is 58.9 Å². The van der Waals surface area contributed by atoms with Gasteiger partial charge in [0.05, 0.1) is 16.1 Å². The Labute approximate surface area is 113 Å². The van der Waals surface area contributed by atoms with E-state index in [0.29, 0.717) is 5.69 Å². The molecule has 2 N–H and O–H groups in total. The molecule has 1 aromatic heterocycles. The van der Waals surface area contributed by atoms with Gasteiger partial charge in [0.2, 0.25) is 0 Å². The van der Waals surface area contributed by atoms with Gasteiger partial charge in [0.15, 0.2) is 0 Å². The van der Waals surface area contributed by atoms with Crippen molar-refractivity contribution in [2.75, 3.05) is 5.32 Å². The molecule has 0 aliphatic heterocycles. The zero-order valence-electron chi connectivity index (χ0n) is 9.63. The van der Waals surface area contributed by atoms with E-state index < -0.39 is 11.9 Å². The molecule has 0 radical (unpaired) electrons. The van der Waals surface area contributed by atoms with Crippen molar-refractivity contribution in [3.8, 4) is 0 Å². The van der Waals surface area contributed by atoms with Crippen molar-refractivity contribution in [3.63, 3.8) is 0 Å². The number of carboxylic acid groups (broad SMARTS) is 1. The lowest BCUT2D eigenvalue weighted by atomic mass is 10.2. The van der Waals surface area contributed by atoms with Crippen LogP contribution in [0.5, 0.6) is 0 Å². The molecule has 0 unspecified atom stereocenters. The number of halogens is 1. The van der Waals surface area contributed by atoms with Crippen LogP contribution in [-0.2, 0) is 0 Å². The first-order chi connectivity index (χ1) is 9.08. The highest BCUT2D eigenvalue weighted by atomic mass is 35.5. The van der Waals surface area contributed by atoms with Gasteiger partial charge in [0.25, 0.3) is 5.91 Å². The SMILES string of the molecule is O=C(O)c1cccc(NC(=O)c2cnccc2Cl)c1. The van der Waals surface area contributed by atoms with Crippen molar-refractivity contribution < 1.29 is 14.7 Å². The first-order valence-corrected chi connectivity index (χ1v) is 5.70. The summed E-state index contributed by atoms with van der Waals surface area (Å²) in [5.74, 6) is -1.50. The minimum absolute atomic E-state index is 0.0927. The van der Waals surface area contributed by atoms with Crippen LogP contribution in [-0.4, -0.2) is 22.0 Å². The molecule has 0 saturated carbocycles. The lowest BCUT2D eigenvalue weighted by Gasteiger charge is -2.06. The van der Waals surface area contributed by atoms with Gasteiger partial charge in [-0.25, -0.2) is 4.79 Å². The largest absolute Gasteiger partial charge is 0.478 e. The van der Waals surface area contributed by atoms with E-state index in [1.54, 1.807) is 12.1 Å². The number of carbonyl (C=O) groups is 2. The summed E-state index contributed by atoms with van der Waals surface area (Å²) >= 11 is 5.87. The highest BCUT2D eigenvalue weighted by Gasteiger charge is 2.11. The summed E-state index contributed by atoms with van der Waals surface area (Å²) in [7, 11) is 0. The molecular weight excluding hydrogens is 268 g/mol. The predicted octanol–water partition coefficient (Wildman–Crippen LogP) is 2.69. The van der Waals surface area contributed by atoms with Gasteiger partial charge in [-0.15, -0.1) is 0 Å². The molecular formula is C13H9ClN2O3. The summed E-state index contributed by atoms with van der Waals surface area (Å²) in [4.78, 5) is 26.6. The summed E-state index contributed by atoms with van der Waals surface area (Å²) in [6.07, 6.45) is 2.82. The molecule has 19 heavy (non-hydrogen) atoms. The van der Waals surface area contributed by atoms with Crippen LogP contribution in [0.15, 0.2) is 42.7 Å². The number of benzene rings is 1. The average Bonchev–Trinajstić information content (AvgIpc) is 2.39. The Bertz CT molecular complexity index is 643. The topological polar surface area (TPSA) is 79.3 Å². The summed E-state index contributed by atoms with van der Waals surface area (Å²) in [5.41, 5.74) is 0.699. The first kappa shape index (κ1) is 13.0. The van der Waals surface area contributed by atoms with Gasteiger partial charge >= 0.3 is 5.97 Å². The van der Waals surface area contributed by atoms with Crippen molar-refractivity contribution in [2.45, 2.75) is 0 Å². The maximum atomic E-state index is 11.9. The van der Waals surface area contributed by atoms with Crippen LogP contribution < -0.4 is 5.32 Å². The Morgan fingerprint density at radius 2 is 2.05 bits per heavy atom. The normalized spacial score (nSPS) is 9.95. The third-order valence-electron chi connectivity index (χ3n) is 2.38. The monoisotopic (exact) mass is 276 g/mol. The highest BCUT2D eigenvalue weighted by Crippen LogP contribution is 2.17. The van der Waals surface area contributed by atoms with Gasteiger partial charge < -0.3 is 10.4 Å². The molecule has 0 aliphatic rings. The van der Waals surface area contributed by atoms with Gasteiger partial charge in [-0.3, -0.25) is 9.78 Å². The summed E-state index contributed by atoms with van der Waals surface area (Å²) < 4.78 is 0. The molecule has 1 aromatic carbocycles.